The number of methoxy groups -OCH3 is 1. The van der Waals surface area contributed by atoms with E-state index in [0.717, 1.165) is 0 Å². The van der Waals surface area contributed by atoms with Crippen molar-refractivity contribution in [3.8, 4) is 17.6 Å². The van der Waals surface area contributed by atoms with Crippen LogP contribution in [-0.2, 0) is 0 Å². The van der Waals surface area contributed by atoms with Crippen LogP contribution < -0.4 is 10.1 Å². The third-order valence-corrected chi connectivity index (χ3v) is 1.67. The molecule has 0 unspecified atom stereocenters. The Hall–Kier alpha value is -1.53. The molecule has 1 aromatic rings. The van der Waals surface area contributed by atoms with E-state index in [-0.39, 0.29) is 5.82 Å². The van der Waals surface area contributed by atoms with Crippen molar-refractivity contribution in [2.24, 2.45) is 0 Å². The van der Waals surface area contributed by atoms with Gasteiger partial charge in [-0.2, -0.15) is 0 Å². The SMILES string of the molecule is CNCC#Cc1c(F)cccc1OC. The second kappa shape index (κ2) is 5.25. The van der Waals surface area contributed by atoms with Gasteiger partial charge in [0.2, 0.25) is 0 Å². The second-order valence-electron chi connectivity index (χ2n) is 2.65. The Bertz CT molecular complexity index is 365. The van der Waals surface area contributed by atoms with E-state index >= 15 is 0 Å². The van der Waals surface area contributed by atoms with Crippen LogP contribution in [0.5, 0.6) is 5.75 Å². The summed E-state index contributed by atoms with van der Waals surface area (Å²) in [6.45, 7) is 0.525. The van der Waals surface area contributed by atoms with E-state index in [1.54, 1.807) is 19.2 Å². The molecule has 0 radical (unpaired) electrons. The van der Waals surface area contributed by atoms with Crippen LogP contribution in [0.15, 0.2) is 18.2 Å². The molecule has 0 saturated carbocycles. The molecule has 0 saturated heterocycles. The van der Waals surface area contributed by atoms with Crippen molar-refractivity contribution < 1.29 is 9.13 Å². The Balaban J connectivity index is 3.00. The fourth-order valence-electron chi connectivity index (χ4n) is 1.02. The van der Waals surface area contributed by atoms with Crippen molar-refractivity contribution in [2.45, 2.75) is 0 Å². The maximum Gasteiger partial charge on any atom is 0.142 e. The zero-order valence-electron chi connectivity index (χ0n) is 8.23. The lowest BCUT2D eigenvalue weighted by molar-refractivity contribution is 0.409. The quantitative estimate of drug-likeness (QED) is 0.717. The third kappa shape index (κ3) is 2.48. The first-order valence-electron chi connectivity index (χ1n) is 4.25. The monoisotopic (exact) mass is 193 g/mol. The van der Waals surface area contributed by atoms with E-state index in [2.05, 4.69) is 17.2 Å². The summed E-state index contributed by atoms with van der Waals surface area (Å²) in [5, 5.41) is 2.86. The Morgan fingerprint density at radius 1 is 1.50 bits per heavy atom. The zero-order chi connectivity index (χ0) is 10.4. The number of rotatable bonds is 2. The van der Waals surface area contributed by atoms with Gasteiger partial charge in [0.1, 0.15) is 17.1 Å². The molecule has 74 valence electrons. The first-order chi connectivity index (χ1) is 6.79. The molecule has 0 aliphatic heterocycles. The summed E-state index contributed by atoms with van der Waals surface area (Å²) in [4.78, 5) is 0. The van der Waals surface area contributed by atoms with Crippen LogP contribution in [0.25, 0.3) is 0 Å². The van der Waals surface area contributed by atoms with Crippen molar-refractivity contribution in [2.75, 3.05) is 20.7 Å². The Morgan fingerprint density at radius 3 is 2.93 bits per heavy atom. The van der Waals surface area contributed by atoms with E-state index < -0.39 is 0 Å². The number of ether oxygens (including phenoxy) is 1. The summed E-state index contributed by atoms with van der Waals surface area (Å²) in [6, 6.07) is 4.65. The number of nitrogens with one attached hydrogen (secondary N) is 1. The van der Waals surface area contributed by atoms with E-state index in [9.17, 15) is 4.39 Å². The van der Waals surface area contributed by atoms with Crippen molar-refractivity contribution in [3.05, 3.63) is 29.6 Å². The van der Waals surface area contributed by atoms with E-state index in [0.29, 0.717) is 17.9 Å². The van der Waals surface area contributed by atoms with Crippen molar-refractivity contribution in [3.63, 3.8) is 0 Å². The summed E-state index contributed by atoms with van der Waals surface area (Å²) in [5.74, 6) is 5.62. The van der Waals surface area contributed by atoms with Crippen LogP contribution in [0.3, 0.4) is 0 Å². The largest absolute Gasteiger partial charge is 0.495 e. The van der Waals surface area contributed by atoms with Gasteiger partial charge in [0.05, 0.1) is 13.7 Å². The first kappa shape index (κ1) is 10.6. The maximum atomic E-state index is 13.3. The lowest BCUT2D eigenvalue weighted by atomic mass is 10.2. The highest BCUT2D eigenvalue weighted by atomic mass is 19.1. The predicted molar refractivity (Wildman–Crippen MR) is 53.8 cm³/mol. The van der Waals surface area contributed by atoms with Gasteiger partial charge in [0.15, 0.2) is 0 Å². The highest BCUT2D eigenvalue weighted by Crippen LogP contribution is 2.19. The highest BCUT2D eigenvalue weighted by Gasteiger charge is 2.04. The average molecular weight is 193 g/mol. The minimum atomic E-state index is -0.354. The molecule has 1 N–H and O–H groups in total. The number of benzene rings is 1. The van der Waals surface area contributed by atoms with Gasteiger partial charge in [0.25, 0.3) is 0 Å². The average Bonchev–Trinajstić information content (AvgIpc) is 2.20. The van der Waals surface area contributed by atoms with Crippen LogP contribution in [0, 0.1) is 17.7 Å². The van der Waals surface area contributed by atoms with Gasteiger partial charge in [-0.15, -0.1) is 0 Å². The Labute approximate surface area is 83.1 Å². The summed E-state index contributed by atoms with van der Waals surface area (Å²) in [6.07, 6.45) is 0. The van der Waals surface area contributed by atoms with Gasteiger partial charge >= 0.3 is 0 Å². The molecule has 1 aromatic carbocycles. The lowest BCUT2D eigenvalue weighted by Gasteiger charge is -2.02. The number of hydrogen-bond acceptors (Lipinski definition) is 2. The summed E-state index contributed by atoms with van der Waals surface area (Å²) >= 11 is 0. The van der Waals surface area contributed by atoms with Crippen molar-refractivity contribution >= 4 is 0 Å². The molecule has 0 heterocycles. The molecular formula is C11H12FNO. The molecule has 0 amide bonds. The van der Waals surface area contributed by atoms with Gasteiger partial charge < -0.3 is 10.1 Å². The molecular weight excluding hydrogens is 181 g/mol. The second-order valence-corrected chi connectivity index (χ2v) is 2.65. The van der Waals surface area contributed by atoms with Crippen LogP contribution >= 0.6 is 0 Å². The number of halogens is 1. The smallest absolute Gasteiger partial charge is 0.142 e. The fraction of sp³-hybridized carbons (Fsp3) is 0.273. The molecule has 0 aromatic heterocycles. The summed E-state index contributed by atoms with van der Waals surface area (Å²) in [7, 11) is 3.28. The van der Waals surface area contributed by atoms with E-state index in [1.807, 2.05) is 0 Å². The van der Waals surface area contributed by atoms with Gasteiger partial charge in [-0.25, -0.2) is 4.39 Å². The maximum absolute atomic E-state index is 13.3. The first-order valence-corrected chi connectivity index (χ1v) is 4.25. The van der Waals surface area contributed by atoms with Crippen LogP contribution in [0.2, 0.25) is 0 Å². The lowest BCUT2D eigenvalue weighted by Crippen LogP contribution is -2.04. The summed E-state index contributed by atoms with van der Waals surface area (Å²) in [5.41, 5.74) is 0.310. The van der Waals surface area contributed by atoms with Crippen LogP contribution in [0.4, 0.5) is 4.39 Å². The molecule has 14 heavy (non-hydrogen) atoms. The van der Waals surface area contributed by atoms with Gasteiger partial charge in [0, 0.05) is 0 Å². The predicted octanol–water partition coefficient (Wildman–Crippen LogP) is 1.41. The number of hydrogen-bond donors (Lipinski definition) is 1. The van der Waals surface area contributed by atoms with Crippen LogP contribution in [-0.4, -0.2) is 20.7 Å². The topological polar surface area (TPSA) is 21.3 Å². The van der Waals surface area contributed by atoms with Crippen LogP contribution in [0.1, 0.15) is 5.56 Å². The molecule has 3 heteroatoms. The zero-order valence-corrected chi connectivity index (χ0v) is 8.23. The van der Waals surface area contributed by atoms with Gasteiger partial charge in [-0.1, -0.05) is 17.9 Å². The van der Waals surface area contributed by atoms with E-state index in [1.165, 1.54) is 13.2 Å². The van der Waals surface area contributed by atoms with Gasteiger partial charge in [-0.3, -0.25) is 0 Å². The minimum Gasteiger partial charge on any atom is -0.495 e. The third-order valence-electron chi connectivity index (χ3n) is 1.67. The molecule has 2 nitrogen and oxygen atoms in total. The molecule has 0 bridgehead atoms. The van der Waals surface area contributed by atoms with E-state index in [4.69, 9.17) is 4.74 Å². The molecule has 0 aliphatic rings. The van der Waals surface area contributed by atoms with Crippen molar-refractivity contribution in [1.29, 1.82) is 0 Å². The normalized spacial score (nSPS) is 9.07. The van der Waals surface area contributed by atoms with Crippen molar-refractivity contribution in [1.82, 2.24) is 5.32 Å². The Morgan fingerprint density at radius 2 is 2.29 bits per heavy atom. The summed E-state index contributed by atoms with van der Waals surface area (Å²) < 4.78 is 18.3. The fourth-order valence-corrected chi connectivity index (χ4v) is 1.02. The molecule has 0 aliphatic carbocycles. The van der Waals surface area contributed by atoms with Gasteiger partial charge in [-0.05, 0) is 19.2 Å². The highest BCUT2D eigenvalue weighted by molar-refractivity contribution is 5.47. The molecule has 0 atom stereocenters. The molecule has 1 rings (SSSR count). The Kier molecular flexibility index (Phi) is 3.96. The molecule has 0 spiro atoms. The molecule has 0 fully saturated rings. The standard InChI is InChI=1S/C11H12FNO/c1-13-8-4-5-9-10(12)6-3-7-11(9)14-2/h3,6-7,13H,8H2,1-2H3. The minimum absolute atomic E-state index is 0.310.